The molecule has 3 heteroatoms. The van der Waals surface area contributed by atoms with E-state index in [0.29, 0.717) is 26.4 Å². The summed E-state index contributed by atoms with van der Waals surface area (Å²) in [4.78, 5) is 0. The summed E-state index contributed by atoms with van der Waals surface area (Å²) in [6.07, 6.45) is 5.58. The summed E-state index contributed by atoms with van der Waals surface area (Å²) in [5, 5.41) is 0. The van der Waals surface area contributed by atoms with Gasteiger partial charge in [-0.15, -0.1) is 6.58 Å². The van der Waals surface area contributed by atoms with Gasteiger partial charge in [-0.05, 0) is 38.5 Å². The zero-order valence-corrected chi connectivity index (χ0v) is 14.5. The van der Waals surface area contributed by atoms with Gasteiger partial charge in [0.25, 0.3) is 0 Å². The lowest BCUT2D eigenvalue weighted by molar-refractivity contribution is -0.0590. The summed E-state index contributed by atoms with van der Waals surface area (Å²) in [7, 11) is 0. The highest BCUT2D eigenvalue weighted by Gasteiger charge is 2.27. The average molecular weight is 316 g/mol. The van der Waals surface area contributed by atoms with Crippen molar-refractivity contribution in [1.29, 1.82) is 0 Å². The van der Waals surface area contributed by atoms with E-state index in [2.05, 4.69) is 13.2 Å². The molecule has 0 spiro atoms. The van der Waals surface area contributed by atoms with E-state index in [9.17, 15) is 0 Å². The Kier molecular flexibility index (Phi) is 8.38. The molecular formula is C20H28O3. The maximum Gasteiger partial charge on any atom is 0.152 e. The number of ether oxygens (including phenoxy) is 3. The Morgan fingerprint density at radius 2 is 1.65 bits per heavy atom. The van der Waals surface area contributed by atoms with Crippen molar-refractivity contribution < 1.29 is 14.2 Å². The van der Waals surface area contributed by atoms with E-state index in [1.807, 2.05) is 51.1 Å². The van der Waals surface area contributed by atoms with Gasteiger partial charge in [-0.3, -0.25) is 0 Å². The zero-order chi connectivity index (χ0) is 17.1. The van der Waals surface area contributed by atoms with E-state index >= 15 is 0 Å². The smallest absolute Gasteiger partial charge is 0.152 e. The van der Waals surface area contributed by atoms with E-state index < -0.39 is 5.60 Å². The maximum absolute atomic E-state index is 6.12. The summed E-state index contributed by atoms with van der Waals surface area (Å²) in [5.41, 5.74) is 1.73. The molecule has 1 aromatic rings. The molecule has 126 valence electrons. The summed E-state index contributed by atoms with van der Waals surface area (Å²) in [6, 6.07) is 7.80. The number of hydrogen-bond acceptors (Lipinski definition) is 3. The van der Waals surface area contributed by atoms with Gasteiger partial charge in [-0.1, -0.05) is 42.5 Å². The number of rotatable bonds is 11. The van der Waals surface area contributed by atoms with E-state index in [0.717, 1.165) is 11.3 Å². The second kappa shape index (κ2) is 10.0. The van der Waals surface area contributed by atoms with E-state index in [1.165, 1.54) is 5.57 Å². The lowest BCUT2D eigenvalue weighted by atomic mass is 10.1. The third-order valence-electron chi connectivity index (χ3n) is 3.14. The minimum atomic E-state index is -0.561. The van der Waals surface area contributed by atoms with Crippen molar-refractivity contribution >= 4 is 6.08 Å². The Morgan fingerprint density at radius 1 is 1.04 bits per heavy atom. The van der Waals surface area contributed by atoms with Crippen LogP contribution in [0, 0.1) is 0 Å². The van der Waals surface area contributed by atoms with Gasteiger partial charge in [-0.25, -0.2) is 0 Å². The van der Waals surface area contributed by atoms with Crippen LogP contribution < -0.4 is 4.74 Å². The van der Waals surface area contributed by atoms with E-state index in [-0.39, 0.29) is 0 Å². The number of allylic oxidation sites excluding steroid dienone is 1. The van der Waals surface area contributed by atoms with Crippen LogP contribution in [-0.4, -0.2) is 32.0 Å². The van der Waals surface area contributed by atoms with Crippen LogP contribution in [0.3, 0.4) is 0 Å². The van der Waals surface area contributed by atoms with Crippen LogP contribution in [0.5, 0.6) is 5.75 Å². The maximum atomic E-state index is 6.12. The molecule has 0 radical (unpaired) electrons. The third kappa shape index (κ3) is 7.82. The summed E-state index contributed by atoms with van der Waals surface area (Å²) in [5.74, 6) is 0.783. The van der Waals surface area contributed by atoms with Crippen molar-refractivity contribution in [2.24, 2.45) is 0 Å². The van der Waals surface area contributed by atoms with Gasteiger partial charge in [-0.2, -0.15) is 0 Å². The first kappa shape index (κ1) is 19.2. The topological polar surface area (TPSA) is 27.7 Å². The molecule has 1 unspecified atom stereocenters. The van der Waals surface area contributed by atoms with E-state index in [4.69, 9.17) is 14.2 Å². The Hall–Kier alpha value is -1.84. The summed E-state index contributed by atoms with van der Waals surface area (Å²) < 4.78 is 17.4. The number of benzene rings is 1. The Bertz CT molecular complexity index is 512. The molecule has 0 heterocycles. The molecular weight excluding hydrogens is 288 g/mol. The van der Waals surface area contributed by atoms with Crippen molar-refractivity contribution in [1.82, 2.24) is 0 Å². The predicted molar refractivity (Wildman–Crippen MR) is 96.8 cm³/mol. The largest absolute Gasteiger partial charge is 0.483 e. The van der Waals surface area contributed by atoms with Crippen molar-refractivity contribution in [3.8, 4) is 5.75 Å². The van der Waals surface area contributed by atoms with Gasteiger partial charge >= 0.3 is 0 Å². The van der Waals surface area contributed by atoms with Crippen LogP contribution in [0.4, 0.5) is 0 Å². The van der Waals surface area contributed by atoms with Gasteiger partial charge in [0.15, 0.2) is 5.60 Å². The molecule has 23 heavy (non-hydrogen) atoms. The van der Waals surface area contributed by atoms with Crippen molar-refractivity contribution in [2.45, 2.75) is 26.4 Å². The van der Waals surface area contributed by atoms with Crippen molar-refractivity contribution in [2.75, 3.05) is 26.4 Å². The fourth-order valence-corrected chi connectivity index (χ4v) is 1.92. The molecule has 1 atom stereocenters. The second-order valence-electron chi connectivity index (χ2n) is 5.93. The van der Waals surface area contributed by atoms with Crippen LogP contribution in [0.25, 0.3) is 6.08 Å². The average Bonchev–Trinajstić information content (AvgIpc) is 2.52. The quantitative estimate of drug-likeness (QED) is 0.439. The first-order chi connectivity index (χ1) is 11.0. The second-order valence-corrected chi connectivity index (χ2v) is 5.93. The highest BCUT2D eigenvalue weighted by atomic mass is 16.6. The molecule has 0 fully saturated rings. The highest BCUT2D eigenvalue weighted by molar-refractivity contribution is 5.48. The van der Waals surface area contributed by atoms with E-state index in [1.54, 1.807) is 12.2 Å². The fourth-order valence-electron chi connectivity index (χ4n) is 1.92. The Labute approximate surface area is 140 Å². The number of hydrogen-bond donors (Lipinski definition) is 0. The van der Waals surface area contributed by atoms with Crippen molar-refractivity contribution in [3.05, 3.63) is 60.7 Å². The van der Waals surface area contributed by atoms with Gasteiger partial charge in [0.2, 0.25) is 0 Å². The minimum absolute atomic E-state index is 0.428. The first-order valence-electron chi connectivity index (χ1n) is 7.80. The predicted octanol–water partition coefficient (Wildman–Crippen LogP) is 4.65. The normalized spacial score (nSPS) is 13.0. The van der Waals surface area contributed by atoms with Crippen LogP contribution in [-0.2, 0) is 9.47 Å². The van der Waals surface area contributed by atoms with Gasteiger partial charge < -0.3 is 14.2 Å². The van der Waals surface area contributed by atoms with Crippen molar-refractivity contribution in [3.63, 3.8) is 0 Å². The van der Waals surface area contributed by atoms with Crippen LogP contribution in [0.1, 0.15) is 26.3 Å². The SMILES string of the molecule is C=CCOCC(C)(COCC=C(C)C)Oc1ccc(C=C)cc1. The lowest BCUT2D eigenvalue weighted by Crippen LogP contribution is -2.42. The Balaban J connectivity index is 2.69. The third-order valence-corrected chi connectivity index (χ3v) is 3.14. The monoisotopic (exact) mass is 316 g/mol. The molecule has 1 rings (SSSR count). The molecule has 0 aliphatic carbocycles. The molecule has 0 aliphatic rings. The van der Waals surface area contributed by atoms with Gasteiger partial charge in [0.05, 0.1) is 26.4 Å². The first-order valence-corrected chi connectivity index (χ1v) is 7.80. The standard InChI is InChI=1S/C20H28O3/c1-6-13-21-15-20(5,16-22-14-12-17(3)4)23-19-10-8-18(7-2)9-11-19/h6-12H,1-2,13-16H2,3-5H3. The molecule has 0 amide bonds. The van der Waals surface area contributed by atoms with Gasteiger partial charge in [0, 0.05) is 0 Å². The molecule has 0 aliphatic heterocycles. The molecule has 0 bridgehead atoms. The van der Waals surface area contributed by atoms with Crippen LogP contribution in [0.2, 0.25) is 0 Å². The molecule has 0 saturated heterocycles. The summed E-state index contributed by atoms with van der Waals surface area (Å²) in [6.45, 7) is 15.4. The molecule has 0 N–H and O–H groups in total. The summed E-state index contributed by atoms with van der Waals surface area (Å²) >= 11 is 0. The molecule has 1 aromatic carbocycles. The zero-order valence-electron chi connectivity index (χ0n) is 14.5. The molecule has 0 saturated carbocycles. The van der Waals surface area contributed by atoms with Crippen LogP contribution in [0.15, 0.2) is 55.1 Å². The fraction of sp³-hybridized carbons (Fsp3) is 0.400. The minimum Gasteiger partial charge on any atom is -0.483 e. The lowest BCUT2D eigenvalue weighted by Gasteiger charge is -2.30. The van der Waals surface area contributed by atoms with Crippen LogP contribution >= 0.6 is 0 Å². The van der Waals surface area contributed by atoms with Gasteiger partial charge in [0.1, 0.15) is 5.75 Å². The molecule has 0 aromatic heterocycles. The highest BCUT2D eigenvalue weighted by Crippen LogP contribution is 2.21. The molecule has 3 nitrogen and oxygen atoms in total. The Morgan fingerprint density at radius 3 is 2.17 bits per heavy atom.